The molecule has 0 spiro atoms. The zero-order valence-corrected chi connectivity index (χ0v) is 68.7. The van der Waals surface area contributed by atoms with Crippen LogP contribution < -0.4 is 0 Å². The van der Waals surface area contributed by atoms with Crippen LogP contribution >= 0.6 is 136 Å². The predicted octanol–water partition coefficient (Wildman–Crippen LogP) is 34.8. The Bertz CT molecular complexity index is 4270. The van der Waals surface area contributed by atoms with Crippen molar-refractivity contribution in [3.8, 4) is 107 Å². The van der Waals surface area contributed by atoms with Gasteiger partial charge in [-0.3, -0.25) is 0 Å². The van der Waals surface area contributed by atoms with Gasteiger partial charge in [0.05, 0.1) is 0 Å². The van der Waals surface area contributed by atoms with E-state index in [1.807, 2.05) is 136 Å². The fraction of sp³-hybridized carbons (Fsp3) is 0.442. The molecule has 98 heavy (non-hydrogen) atoms. The van der Waals surface area contributed by atoms with E-state index in [-0.39, 0.29) is 0 Å². The molecule has 12 heterocycles. The van der Waals surface area contributed by atoms with E-state index < -0.39 is 0 Å². The minimum Gasteiger partial charge on any atom is -0.140 e. The second-order valence-corrected chi connectivity index (χ2v) is 40.5. The Morgan fingerprint density at radius 1 is 0.173 bits per heavy atom. The molecule has 0 fully saturated rings. The first kappa shape index (κ1) is 74.1. The van der Waals surface area contributed by atoms with Crippen LogP contribution in [0.4, 0.5) is 0 Å². The largest absolute Gasteiger partial charge is 0.140 e. The molecule has 0 saturated carbocycles. The van der Waals surface area contributed by atoms with Crippen molar-refractivity contribution in [1.29, 1.82) is 0 Å². The van der Waals surface area contributed by atoms with E-state index in [0.717, 1.165) is 12.8 Å². The van der Waals surface area contributed by atoms with Gasteiger partial charge in [-0.25, -0.2) is 0 Å². The minimum absolute atomic E-state index is 1.15. The van der Waals surface area contributed by atoms with Gasteiger partial charge in [0.2, 0.25) is 0 Å². The van der Waals surface area contributed by atoms with Crippen molar-refractivity contribution >= 4 is 136 Å². The smallest absolute Gasteiger partial charge is 0.0481 e. The second-order valence-electron chi connectivity index (χ2n) is 27.2. The van der Waals surface area contributed by atoms with Crippen LogP contribution in [-0.4, -0.2) is 0 Å². The molecular formula is C86H102S12. The maximum Gasteiger partial charge on any atom is 0.0481 e. The highest BCUT2D eigenvalue weighted by Crippen LogP contribution is 2.52. The van der Waals surface area contributed by atoms with Crippen LogP contribution in [0.3, 0.4) is 0 Å². The van der Waals surface area contributed by atoms with Crippen molar-refractivity contribution in [2.75, 3.05) is 0 Å². The zero-order chi connectivity index (χ0) is 67.3. The van der Waals surface area contributed by atoms with Crippen molar-refractivity contribution in [1.82, 2.24) is 0 Å². The third-order valence-corrected chi connectivity index (χ3v) is 34.4. The molecule has 12 aromatic heterocycles. The molecule has 12 aromatic rings. The SMILES string of the molecule is CCCCCCCCCCCCc1cc(C)sc1-c1ccc(-c2ccc(-c3ccc(-c4cc(CCCCCCCCCCCC)c(-c5ccc(-c6ccc(-c7ccc(-c8cc(CCCCCCCCCCCC)c(-c9ccc(-c%10ccc(-c%11ccc(C)s%11)s%10)s9)s8)s7)s6)s5)s4)s3)s2)s1. The number of aryl methyl sites for hydroxylation is 5. The molecular weight excluding hydrogens is 1420 g/mol. The molecule has 0 aromatic carbocycles. The van der Waals surface area contributed by atoms with Gasteiger partial charge in [0.25, 0.3) is 0 Å². The number of rotatable bonds is 44. The van der Waals surface area contributed by atoms with Gasteiger partial charge in [0.1, 0.15) is 0 Å². The Hall–Kier alpha value is -3.60. The minimum atomic E-state index is 1.15. The van der Waals surface area contributed by atoms with E-state index in [4.69, 9.17) is 0 Å². The van der Waals surface area contributed by atoms with E-state index in [2.05, 4.69) is 162 Å². The van der Waals surface area contributed by atoms with Crippen LogP contribution in [0.5, 0.6) is 0 Å². The Kier molecular flexibility index (Phi) is 29.3. The lowest BCUT2D eigenvalue weighted by Gasteiger charge is -2.04. The summed E-state index contributed by atoms with van der Waals surface area (Å²) in [6, 6.07) is 50.3. The first-order valence-electron chi connectivity index (χ1n) is 37.5. The predicted molar refractivity (Wildman–Crippen MR) is 457 cm³/mol. The van der Waals surface area contributed by atoms with Crippen molar-refractivity contribution in [3.63, 3.8) is 0 Å². The fourth-order valence-electron chi connectivity index (χ4n) is 13.6. The van der Waals surface area contributed by atoms with Gasteiger partial charge >= 0.3 is 0 Å². The van der Waals surface area contributed by atoms with E-state index in [1.54, 1.807) is 5.56 Å². The number of hydrogen-bond donors (Lipinski definition) is 0. The molecule has 12 heteroatoms. The fourth-order valence-corrected chi connectivity index (χ4v) is 27.2. The van der Waals surface area contributed by atoms with Gasteiger partial charge in [-0.15, -0.1) is 136 Å². The van der Waals surface area contributed by atoms with Crippen molar-refractivity contribution in [2.24, 2.45) is 0 Å². The summed E-state index contributed by atoms with van der Waals surface area (Å²) in [7, 11) is 0. The average Bonchev–Trinajstić information content (AvgIpc) is 1.62. The van der Waals surface area contributed by atoms with E-state index >= 15 is 0 Å². The van der Waals surface area contributed by atoms with Gasteiger partial charge in [-0.1, -0.05) is 194 Å². The highest BCUT2D eigenvalue weighted by Gasteiger charge is 2.22. The van der Waals surface area contributed by atoms with Crippen molar-refractivity contribution < 1.29 is 0 Å². The monoisotopic (exact) mass is 1520 g/mol. The summed E-state index contributed by atoms with van der Waals surface area (Å²) >= 11 is 23.7. The lowest BCUT2D eigenvalue weighted by atomic mass is 10.0. The standard InChI is InChI=1S/C86H102S12/c1-6-9-12-15-18-21-24-27-30-33-36-62-57-61(5)88-84(62)79-54-51-74(94-79)72-45-43-67(90-72)69-47-49-77(92-69)83-59-64(38-35-32-29-26-23-20-17-14-11-8-3)86(98-83)81-56-53-76(96-81)73-46-44-68(91-73)70-48-50-78(93-70)82-58-63(37-34-31-28-25-22-19-16-13-10-7-2)85(97-82)80-55-52-75(95-80)71-42-41-66(89-71)65-40-39-60(4)87-65/h39-59H,6-38H2,1-5H3. The molecule has 12 rings (SSSR count). The van der Waals surface area contributed by atoms with Crippen LogP contribution in [0, 0.1) is 13.8 Å². The average molecular weight is 1520 g/mol. The van der Waals surface area contributed by atoms with Gasteiger partial charge in [0, 0.05) is 117 Å². The Labute approximate surface area is 637 Å². The molecule has 0 atom stereocenters. The maximum atomic E-state index is 2.58. The molecule has 518 valence electrons. The summed E-state index contributed by atoms with van der Waals surface area (Å²) in [5.41, 5.74) is 4.63. The van der Waals surface area contributed by atoms with Crippen molar-refractivity contribution in [2.45, 2.75) is 247 Å². The highest BCUT2D eigenvalue weighted by atomic mass is 32.1. The van der Waals surface area contributed by atoms with Crippen LogP contribution in [0.15, 0.2) is 127 Å². The van der Waals surface area contributed by atoms with Gasteiger partial charge < -0.3 is 0 Å². The first-order valence-corrected chi connectivity index (χ1v) is 47.3. The van der Waals surface area contributed by atoms with Crippen LogP contribution in [0.2, 0.25) is 0 Å². The molecule has 0 aliphatic carbocycles. The lowest BCUT2D eigenvalue weighted by Crippen LogP contribution is -1.86. The quantitative estimate of drug-likeness (QED) is 0.0334. The normalized spacial score (nSPS) is 11.8. The third-order valence-electron chi connectivity index (χ3n) is 19.2. The summed E-state index contributed by atoms with van der Waals surface area (Å²) in [5, 5.41) is 0. The molecule has 0 amide bonds. The summed E-state index contributed by atoms with van der Waals surface area (Å²) < 4.78 is 0. The summed E-state index contributed by atoms with van der Waals surface area (Å²) in [6.07, 6.45) is 44.7. The van der Waals surface area contributed by atoms with Gasteiger partial charge in [0.15, 0.2) is 0 Å². The lowest BCUT2D eigenvalue weighted by molar-refractivity contribution is 0.556. The molecule has 0 aliphatic heterocycles. The molecule has 0 nitrogen and oxygen atoms in total. The first-order chi connectivity index (χ1) is 48.3. The second kappa shape index (κ2) is 38.8. The Balaban J connectivity index is 0.717. The van der Waals surface area contributed by atoms with Crippen molar-refractivity contribution in [3.05, 3.63) is 154 Å². The summed E-state index contributed by atoms with van der Waals surface area (Å²) in [4.78, 5) is 33.7. The molecule has 0 bridgehead atoms. The van der Waals surface area contributed by atoms with E-state index in [0.29, 0.717) is 0 Å². The summed E-state index contributed by atoms with van der Waals surface area (Å²) in [6.45, 7) is 11.4. The Morgan fingerprint density at radius 2 is 0.378 bits per heavy atom. The van der Waals surface area contributed by atoms with Crippen LogP contribution in [0.25, 0.3) is 107 Å². The van der Waals surface area contributed by atoms with Gasteiger partial charge in [-0.2, -0.15) is 0 Å². The number of hydrogen-bond acceptors (Lipinski definition) is 12. The number of unbranched alkanes of at least 4 members (excludes halogenated alkanes) is 27. The van der Waals surface area contributed by atoms with Crippen LogP contribution in [-0.2, 0) is 19.3 Å². The molecule has 0 aliphatic rings. The topological polar surface area (TPSA) is 0 Å². The number of thiophene rings is 12. The molecule has 0 unspecified atom stereocenters. The highest BCUT2D eigenvalue weighted by molar-refractivity contribution is 7.33. The maximum absolute atomic E-state index is 2.58. The van der Waals surface area contributed by atoms with E-state index in [9.17, 15) is 0 Å². The van der Waals surface area contributed by atoms with E-state index in [1.165, 1.54) is 327 Å². The molecule has 0 N–H and O–H groups in total. The molecule has 0 saturated heterocycles. The third kappa shape index (κ3) is 20.6. The summed E-state index contributed by atoms with van der Waals surface area (Å²) in [5.74, 6) is 0. The molecule has 0 radical (unpaired) electrons. The van der Waals surface area contributed by atoms with Crippen LogP contribution in [0.1, 0.15) is 240 Å². The zero-order valence-electron chi connectivity index (χ0n) is 58.9. The Morgan fingerprint density at radius 3 is 0.643 bits per heavy atom. The van der Waals surface area contributed by atoms with Gasteiger partial charge in [-0.05, 0) is 196 Å².